The Labute approximate surface area is 385 Å². The molecule has 6 unspecified atom stereocenters. The SMILES string of the molecule is CC/C=C\C/C=C\C/C=C\C/C=C\C/C=C\CCCCCCCC(=O)OC(COCCCCCCCC/C=C\C/C=C\C/C=C\CC)COP(=O)(O)OC1C(O)C(O)C(O)C(O)C1O. The van der Waals surface area contributed by atoms with E-state index < -0.39 is 63.1 Å². The van der Waals surface area contributed by atoms with E-state index in [0.717, 1.165) is 128 Å². The van der Waals surface area contributed by atoms with Crippen molar-refractivity contribution in [2.75, 3.05) is 19.8 Å². The van der Waals surface area contributed by atoms with Crippen molar-refractivity contribution in [1.29, 1.82) is 0 Å². The molecule has 1 rings (SSSR count). The molecule has 0 aromatic carbocycles. The summed E-state index contributed by atoms with van der Waals surface area (Å²) in [4.78, 5) is 23.2. The Balaban J connectivity index is 2.41. The van der Waals surface area contributed by atoms with Gasteiger partial charge >= 0.3 is 13.8 Å². The predicted molar refractivity (Wildman–Crippen MR) is 257 cm³/mol. The maximum Gasteiger partial charge on any atom is 0.472 e. The minimum absolute atomic E-state index is 0.100. The molecule has 0 saturated heterocycles. The first-order chi connectivity index (χ1) is 31.0. The molecule has 1 fully saturated rings. The molecule has 12 nitrogen and oxygen atoms in total. The Morgan fingerprint density at radius 2 is 0.875 bits per heavy atom. The molecule has 0 radical (unpaired) electrons. The van der Waals surface area contributed by atoms with Gasteiger partial charge in [0.25, 0.3) is 0 Å². The third kappa shape index (κ3) is 32.0. The highest BCUT2D eigenvalue weighted by Crippen LogP contribution is 2.47. The summed E-state index contributed by atoms with van der Waals surface area (Å²) in [6.07, 6.45) is 43.2. The number of phosphoric acid groups is 1. The fourth-order valence-electron chi connectivity index (χ4n) is 6.69. The summed E-state index contributed by atoms with van der Waals surface area (Å²) in [5, 5.41) is 50.2. The topological polar surface area (TPSA) is 192 Å². The van der Waals surface area contributed by atoms with Gasteiger partial charge in [-0.2, -0.15) is 0 Å². The van der Waals surface area contributed by atoms with Crippen molar-refractivity contribution in [3.63, 3.8) is 0 Å². The lowest BCUT2D eigenvalue weighted by Crippen LogP contribution is -2.64. The van der Waals surface area contributed by atoms with Crippen LogP contribution in [-0.2, 0) is 27.9 Å². The number of allylic oxidation sites excluding steroid dienone is 16. The second-order valence-electron chi connectivity index (χ2n) is 16.2. The molecule has 0 amide bonds. The number of hydrogen-bond donors (Lipinski definition) is 6. The third-order valence-corrected chi connectivity index (χ3v) is 11.4. The monoisotopic (exact) mass is 921 g/mol. The zero-order valence-electron chi connectivity index (χ0n) is 39.0. The predicted octanol–water partition coefficient (Wildman–Crippen LogP) is 10.3. The van der Waals surface area contributed by atoms with E-state index in [0.29, 0.717) is 13.0 Å². The van der Waals surface area contributed by atoms with Crippen LogP contribution in [-0.4, -0.2) is 98.9 Å². The van der Waals surface area contributed by atoms with Crippen LogP contribution >= 0.6 is 7.82 Å². The summed E-state index contributed by atoms with van der Waals surface area (Å²) < 4.78 is 34.2. The normalized spacial score (nSPS) is 22.6. The number of phosphoric ester groups is 1. The van der Waals surface area contributed by atoms with Gasteiger partial charge in [-0.25, -0.2) is 4.57 Å². The number of hydrogen-bond acceptors (Lipinski definition) is 11. The molecule has 366 valence electrons. The average Bonchev–Trinajstić information content (AvgIpc) is 3.28. The van der Waals surface area contributed by atoms with E-state index >= 15 is 0 Å². The molecule has 1 aliphatic rings. The molecule has 6 N–H and O–H groups in total. The summed E-state index contributed by atoms with van der Waals surface area (Å²) >= 11 is 0. The summed E-state index contributed by atoms with van der Waals surface area (Å²) in [7, 11) is -5.04. The van der Waals surface area contributed by atoms with Crippen LogP contribution in [0.3, 0.4) is 0 Å². The van der Waals surface area contributed by atoms with Gasteiger partial charge in [0.1, 0.15) is 42.7 Å². The highest BCUT2D eigenvalue weighted by Gasteiger charge is 2.51. The van der Waals surface area contributed by atoms with E-state index in [2.05, 4.69) is 111 Å². The Kier molecular flexibility index (Phi) is 37.5. The van der Waals surface area contributed by atoms with Crippen molar-refractivity contribution >= 4 is 13.8 Å². The molecule has 0 aromatic rings. The van der Waals surface area contributed by atoms with Gasteiger partial charge in [0, 0.05) is 13.0 Å². The number of carbonyl (C=O) groups is 1. The zero-order chi connectivity index (χ0) is 46.9. The standard InChI is InChI=1S/C51H85O12P/c1-3-5-7-9-11-13-15-17-19-21-22-23-24-25-26-28-30-32-34-36-38-40-45(52)62-44(43-61-64(58,59)63-51-49(56)47(54)46(53)48(55)50(51)57)42-60-41-39-37-35-33-31-29-27-20-18-16-14-12-10-8-6-4-2/h5-8,11-14,17-20,22-23,25-26,44,46-51,53-57H,3-4,9-10,15-16,21,24,27-43H2,1-2H3,(H,58,59)/b7-5-,8-6-,13-11-,14-12-,19-17-,20-18-,23-22-,26-25-. The third-order valence-electron chi connectivity index (χ3n) is 10.5. The van der Waals surface area contributed by atoms with E-state index in [4.69, 9.17) is 18.5 Å². The van der Waals surface area contributed by atoms with Crippen LogP contribution in [0, 0.1) is 0 Å². The van der Waals surface area contributed by atoms with Gasteiger partial charge < -0.3 is 39.9 Å². The number of aliphatic hydroxyl groups excluding tert-OH is 5. The zero-order valence-corrected chi connectivity index (χ0v) is 39.9. The van der Waals surface area contributed by atoms with Crippen molar-refractivity contribution in [3.05, 3.63) is 97.2 Å². The molecule has 0 aromatic heterocycles. The average molecular weight is 921 g/mol. The van der Waals surface area contributed by atoms with E-state index in [-0.39, 0.29) is 13.0 Å². The summed E-state index contributed by atoms with van der Waals surface area (Å²) in [6, 6.07) is 0. The first-order valence-corrected chi connectivity index (χ1v) is 25.6. The second kappa shape index (κ2) is 40.5. The summed E-state index contributed by atoms with van der Waals surface area (Å²) in [5.74, 6) is -0.505. The fraction of sp³-hybridized carbons (Fsp3) is 0.667. The summed E-state index contributed by atoms with van der Waals surface area (Å²) in [5.41, 5.74) is 0. The molecule has 1 aliphatic carbocycles. The van der Waals surface area contributed by atoms with Gasteiger partial charge in [-0.15, -0.1) is 0 Å². The van der Waals surface area contributed by atoms with Gasteiger partial charge in [-0.05, 0) is 89.9 Å². The molecule has 1 saturated carbocycles. The Hall–Kier alpha value is -2.74. The molecular formula is C51H85O12P. The van der Waals surface area contributed by atoms with Gasteiger partial charge in [0.2, 0.25) is 0 Å². The van der Waals surface area contributed by atoms with Crippen LogP contribution in [0.2, 0.25) is 0 Å². The minimum Gasteiger partial charge on any atom is -0.457 e. The maximum absolute atomic E-state index is 12.8. The number of esters is 1. The van der Waals surface area contributed by atoms with Gasteiger partial charge in [0.15, 0.2) is 0 Å². The molecular weight excluding hydrogens is 836 g/mol. The number of carbonyl (C=O) groups excluding carboxylic acids is 1. The number of aliphatic hydroxyl groups is 5. The molecule has 0 aliphatic heterocycles. The molecule has 0 heterocycles. The highest BCUT2D eigenvalue weighted by atomic mass is 31.2. The quantitative estimate of drug-likeness (QED) is 0.0148. The van der Waals surface area contributed by atoms with Crippen LogP contribution in [0.1, 0.15) is 155 Å². The Morgan fingerprint density at radius 1 is 0.500 bits per heavy atom. The van der Waals surface area contributed by atoms with Crippen LogP contribution < -0.4 is 0 Å². The maximum atomic E-state index is 12.8. The Bertz CT molecular complexity index is 1420. The number of unbranched alkanes of at least 4 members (excludes halogenated alkanes) is 11. The minimum atomic E-state index is -5.04. The van der Waals surface area contributed by atoms with Crippen molar-refractivity contribution in [2.24, 2.45) is 0 Å². The van der Waals surface area contributed by atoms with Crippen LogP contribution in [0.5, 0.6) is 0 Å². The lowest BCUT2D eigenvalue weighted by molar-refractivity contribution is -0.220. The molecule has 6 atom stereocenters. The van der Waals surface area contributed by atoms with Gasteiger partial charge in [-0.1, -0.05) is 156 Å². The van der Waals surface area contributed by atoms with Crippen molar-refractivity contribution in [3.8, 4) is 0 Å². The van der Waals surface area contributed by atoms with Crippen molar-refractivity contribution < 1.29 is 58.3 Å². The van der Waals surface area contributed by atoms with E-state index in [1.807, 2.05) is 0 Å². The first kappa shape index (κ1) is 59.3. The Morgan fingerprint density at radius 3 is 1.33 bits per heavy atom. The number of ether oxygens (including phenoxy) is 2. The highest BCUT2D eigenvalue weighted by molar-refractivity contribution is 7.47. The second-order valence-corrected chi connectivity index (χ2v) is 17.6. The summed E-state index contributed by atoms with van der Waals surface area (Å²) in [6.45, 7) is 3.97. The lowest BCUT2D eigenvalue weighted by Gasteiger charge is -2.41. The van der Waals surface area contributed by atoms with Crippen molar-refractivity contribution in [1.82, 2.24) is 0 Å². The lowest BCUT2D eigenvalue weighted by atomic mass is 9.85. The van der Waals surface area contributed by atoms with Crippen molar-refractivity contribution in [2.45, 2.75) is 198 Å². The van der Waals surface area contributed by atoms with Gasteiger partial charge in [0.05, 0.1) is 13.2 Å². The van der Waals surface area contributed by atoms with E-state index in [1.54, 1.807) is 0 Å². The molecule has 64 heavy (non-hydrogen) atoms. The fourth-order valence-corrected chi connectivity index (χ4v) is 7.66. The molecule has 0 bridgehead atoms. The van der Waals surface area contributed by atoms with E-state index in [9.17, 15) is 39.8 Å². The van der Waals surface area contributed by atoms with E-state index in [1.165, 1.54) is 0 Å². The van der Waals surface area contributed by atoms with Crippen LogP contribution in [0.25, 0.3) is 0 Å². The first-order valence-electron chi connectivity index (χ1n) is 24.1. The van der Waals surface area contributed by atoms with Crippen LogP contribution in [0.15, 0.2) is 97.2 Å². The smallest absolute Gasteiger partial charge is 0.457 e. The molecule has 0 spiro atoms. The van der Waals surface area contributed by atoms with Crippen LogP contribution in [0.4, 0.5) is 0 Å². The number of rotatable bonds is 39. The molecule has 13 heteroatoms. The van der Waals surface area contributed by atoms with Gasteiger partial charge in [-0.3, -0.25) is 13.8 Å². The largest absolute Gasteiger partial charge is 0.472 e.